The second-order valence-electron chi connectivity index (χ2n) is 5.25. The van der Waals surface area contributed by atoms with Crippen molar-refractivity contribution in [2.45, 2.75) is 11.1 Å². The average Bonchev–Trinajstić information content (AvgIpc) is 2.57. The van der Waals surface area contributed by atoms with Gasteiger partial charge in [0, 0.05) is 18.5 Å². The molecular weight excluding hydrogens is 328 g/mol. The lowest BCUT2D eigenvalue weighted by Gasteiger charge is -2.39. The second-order valence-corrected chi connectivity index (χ2v) is 6.05. The van der Waals surface area contributed by atoms with Crippen LogP contribution >= 0.6 is 11.8 Å². The van der Waals surface area contributed by atoms with Crippen LogP contribution in [0, 0.1) is 0 Å². The van der Waals surface area contributed by atoms with Crippen LogP contribution < -0.4 is 10.5 Å². The number of rotatable bonds is 5. The van der Waals surface area contributed by atoms with Gasteiger partial charge in [-0.15, -0.1) is 11.8 Å². The van der Waals surface area contributed by atoms with Crippen molar-refractivity contribution in [3.05, 3.63) is 47.9 Å². The van der Waals surface area contributed by atoms with Gasteiger partial charge in [0.05, 0.1) is 18.7 Å². The Balaban J connectivity index is 1.60. The predicted molar refractivity (Wildman–Crippen MR) is 89.1 cm³/mol. The van der Waals surface area contributed by atoms with Gasteiger partial charge >= 0.3 is 0 Å². The van der Waals surface area contributed by atoms with Gasteiger partial charge in [-0.3, -0.25) is 14.6 Å². The van der Waals surface area contributed by atoms with E-state index < -0.39 is 5.91 Å². The Morgan fingerprint density at radius 2 is 2.08 bits per heavy atom. The number of likely N-dealkylation sites (tertiary alicyclic amines) is 1. The fraction of sp³-hybridized carbons (Fsp3) is 0.250. The Hall–Kier alpha value is -2.61. The van der Waals surface area contributed by atoms with Crippen molar-refractivity contribution in [2.24, 2.45) is 5.73 Å². The van der Waals surface area contributed by atoms with Gasteiger partial charge in [-0.2, -0.15) is 0 Å². The number of thioether (sulfide) groups is 1. The molecule has 1 fully saturated rings. The summed E-state index contributed by atoms with van der Waals surface area (Å²) in [6, 6.07) is 6.68. The van der Waals surface area contributed by atoms with Crippen molar-refractivity contribution in [1.82, 2.24) is 14.9 Å². The highest BCUT2D eigenvalue weighted by molar-refractivity contribution is 7.98. The Morgan fingerprint density at radius 1 is 1.29 bits per heavy atom. The fourth-order valence-electron chi connectivity index (χ4n) is 2.38. The summed E-state index contributed by atoms with van der Waals surface area (Å²) in [7, 11) is 0. The molecule has 3 rings (SSSR count). The summed E-state index contributed by atoms with van der Waals surface area (Å²) in [5.74, 6) is -0.144. The molecule has 0 aromatic carbocycles. The maximum Gasteiger partial charge on any atom is 0.267 e. The van der Waals surface area contributed by atoms with E-state index in [1.54, 1.807) is 29.3 Å². The average molecular weight is 344 g/mol. The van der Waals surface area contributed by atoms with Crippen molar-refractivity contribution >= 4 is 23.6 Å². The van der Waals surface area contributed by atoms with Crippen LogP contribution in [0.5, 0.6) is 5.75 Å². The molecule has 2 N–H and O–H groups in total. The third kappa shape index (κ3) is 3.33. The van der Waals surface area contributed by atoms with Gasteiger partial charge in [-0.1, -0.05) is 0 Å². The molecule has 2 aromatic heterocycles. The molecule has 7 nitrogen and oxygen atoms in total. The quantitative estimate of drug-likeness (QED) is 0.819. The lowest BCUT2D eigenvalue weighted by molar-refractivity contribution is 0.0174. The Kier molecular flexibility index (Phi) is 4.66. The molecule has 0 saturated carbocycles. The second kappa shape index (κ2) is 6.88. The molecule has 0 radical (unpaired) electrons. The van der Waals surface area contributed by atoms with E-state index in [0.29, 0.717) is 29.4 Å². The first-order valence-electron chi connectivity index (χ1n) is 7.29. The lowest BCUT2D eigenvalue weighted by atomic mass is 10.1. The molecule has 0 bridgehead atoms. The largest absolute Gasteiger partial charge is 0.487 e. The maximum atomic E-state index is 12.5. The number of hydrogen-bond acceptors (Lipinski definition) is 6. The normalized spacial score (nSPS) is 14.1. The minimum Gasteiger partial charge on any atom is -0.487 e. The van der Waals surface area contributed by atoms with Crippen LogP contribution in [0.3, 0.4) is 0 Å². The van der Waals surface area contributed by atoms with E-state index >= 15 is 0 Å². The summed E-state index contributed by atoms with van der Waals surface area (Å²) < 4.78 is 5.75. The molecule has 8 heteroatoms. The third-order valence-electron chi connectivity index (χ3n) is 3.62. The summed E-state index contributed by atoms with van der Waals surface area (Å²) >= 11 is 1.44. The number of amides is 2. The Morgan fingerprint density at radius 3 is 2.79 bits per heavy atom. The smallest absolute Gasteiger partial charge is 0.267 e. The number of carbonyl (C=O) groups excluding carboxylic acids is 2. The van der Waals surface area contributed by atoms with E-state index in [4.69, 9.17) is 10.5 Å². The van der Waals surface area contributed by atoms with Gasteiger partial charge in [0.25, 0.3) is 11.8 Å². The number of nitrogens with zero attached hydrogens (tertiary/aromatic N) is 3. The van der Waals surface area contributed by atoms with Gasteiger partial charge < -0.3 is 15.4 Å². The summed E-state index contributed by atoms with van der Waals surface area (Å²) in [4.78, 5) is 33.4. The van der Waals surface area contributed by atoms with Gasteiger partial charge in [0.1, 0.15) is 22.6 Å². The molecular formula is C16H16N4O3S. The maximum absolute atomic E-state index is 12.5. The molecule has 1 aliphatic rings. The number of aromatic nitrogens is 2. The van der Waals surface area contributed by atoms with Crippen LogP contribution in [-0.4, -0.2) is 52.1 Å². The van der Waals surface area contributed by atoms with Crippen molar-refractivity contribution in [3.63, 3.8) is 0 Å². The SMILES string of the molecule is CSc1ncccc1C(=O)N1CC(Oc2ccnc(C(N)=O)c2)C1. The summed E-state index contributed by atoms with van der Waals surface area (Å²) in [6.45, 7) is 0.964. The zero-order chi connectivity index (χ0) is 17.1. The van der Waals surface area contributed by atoms with Gasteiger partial charge in [0.15, 0.2) is 0 Å². The number of ether oxygens (including phenoxy) is 1. The Labute approximate surface area is 143 Å². The fourth-order valence-corrected chi connectivity index (χ4v) is 2.92. The Bertz CT molecular complexity index is 777. The highest BCUT2D eigenvalue weighted by Gasteiger charge is 2.33. The summed E-state index contributed by atoms with van der Waals surface area (Å²) in [5.41, 5.74) is 5.95. The standard InChI is InChI=1S/C16H16N4O3S/c1-24-15-12(3-2-5-19-15)16(22)20-8-11(9-20)23-10-4-6-18-13(7-10)14(17)21/h2-7,11H,8-9H2,1H3,(H2,17,21). The molecule has 1 saturated heterocycles. The lowest BCUT2D eigenvalue weighted by Crippen LogP contribution is -2.56. The van der Waals surface area contributed by atoms with Crippen molar-refractivity contribution in [2.75, 3.05) is 19.3 Å². The molecule has 24 heavy (non-hydrogen) atoms. The number of nitrogens with two attached hydrogens (primary N) is 1. The molecule has 2 amide bonds. The first-order valence-corrected chi connectivity index (χ1v) is 8.51. The number of primary amides is 1. The third-order valence-corrected chi connectivity index (χ3v) is 4.33. The number of pyridine rings is 2. The molecule has 0 unspecified atom stereocenters. The van der Waals surface area contributed by atoms with E-state index in [1.807, 2.05) is 6.26 Å². The minimum absolute atomic E-state index is 0.0557. The molecule has 0 atom stereocenters. The first kappa shape index (κ1) is 16.3. The number of hydrogen-bond donors (Lipinski definition) is 1. The minimum atomic E-state index is -0.605. The zero-order valence-electron chi connectivity index (χ0n) is 13.0. The highest BCUT2D eigenvalue weighted by Crippen LogP contribution is 2.23. The van der Waals surface area contributed by atoms with Crippen LogP contribution in [0.4, 0.5) is 0 Å². The van der Waals surface area contributed by atoms with E-state index in [1.165, 1.54) is 24.0 Å². The molecule has 2 aromatic rings. The number of carbonyl (C=O) groups is 2. The summed E-state index contributed by atoms with van der Waals surface area (Å²) in [6.07, 6.45) is 4.91. The highest BCUT2D eigenvalue weighted by atomic mass is 32.2. The first-order chi connectivity index (χ1) is 11.6. The van der Waals surface area contributed by atoms with Crippen LogP contribution in [0.25, 0.3) is 0 Å². The van der Waals surface area contributed by atoms with Crippen molar-refractivity contribution < 1.29 is 14.3 Å². The van der Waals surface area contributed by atoms with Crippen LogP contribution in [-0.2, 0) is 0 Å². The van der Waals surface area contributed by atoms with Gasteiger partial charge in [0.2, 0.25) is 0 Å². The molecule has 1 aliphatic heterocycles. The van der Waals surface area contributed by atoms with E-state index in [0.717, 1.165) is 0 Å². The van der Waals surface area contributed by atoms with Gasteiger partial charge in [-0.25, -0.2) is 4.98 Å². The molecule has 3 heterocycles. The topological polar surface area (TPSA) is 98.4 Å². The van der Waals surface area contributed by atoms with Crippen molar-refractivity contribution in [1.29, 1.82) is 0 Å². The van der Waals surface area contributed by atoms with Crippen LogP contribution in [0.2, 0.25) is 0 Å². The van der Waals surface area contributed by atoms with E-state index in [9.17, 15) is 9.59 Å². The molecule has 124 valence electrons. The van der Waals surface area contributed by atoms with E-state index in [2.05, 4.69) is 9.97 Å². The van der Waals surface area contributed by atoms with Crippen LogP contribution in [0.15, 0.2) is 41.7 Å². The van der Waals surface area contributed by atoms with E-state index in [-0.39, 0.29) is 17.7 Å². The molecule has 0 spiro atoms. The van der Waals surface area contributed by atoms with Crippen molar-refractivity contribution in [3.8, 4) is 5.75 Å². The molecule has 0 aliphatic carbocycles. The monoisotopic (exact) mass is 344 g/mol. The predicted octanol–water partition coefficient (Wildman–Crippen LogP) is 1.20. The zero-order valence-corrected chi connectivity index (χ0v) is 13.8. The summed E-state index contributed by atoms with van der Waals surface area (Å²) in [5, 5.41) is 0.715. The van der Waals surface area contributed by atoms with Gasteiger partial charge in [-0.05, 0) is 24.5 Å². The van der Waals surface area contributed by atoms with Crippen LogP contribution in [0.1, 0.15) is 20.8 Å².